The first-order chi connectivity index (χ1) is 11.3. The highest BCUT2D eigenvalue weighted by Gasteiger charge is 2.35. The van der Waals surface area contributed by atoms with Gasteiger partial charge in [0.05, 0.1) is 23.1 Å². The number of hydrogen-bond donors (Lipinski definition) is 0. The molecule has 0 unspecified atom stereocenters. The van der Waals surface area contributed by atoms with Crippen molar-refractivity contribution in [2.45, 2.75) is 5.37 Å². The van der Waals surface area contributed by atoms with Crippen molar-refractivity contribution in [3.63, 3.8) is 0 Å². The van der Waals surface area contributed by atoms with Gasteiger partial charge in [0.15, 0.2) is 5.13 Å². The number of fused-ring (bicyclic) bond motifs is 1. The highest BCUT2D eigenvalue weighted by atomic mass is 32.2. The first-order valence-electron chi connectivity index (χ1n) is 7.19. The Morgan fingerprint density at radius 2 is 1.96 bits per heavy atom. The van der Waals surface area contributed by atoms with Crippen molar-refractivity contribution >= 4 is 44.4 Å². The summed E-state index contributed by atoms with van der Waals surface area (Å²) in [6.45, 7) is 0. The van der Waals surface area contributed by atoms with Crippen LogP contribution in [-0.2, 0) is 4.79 Å². The molecule has 1 aliphatic rings. The Hall–Kier alpha value is -2.05. The maximum atomic E-state index is 12.4. The lowest BCUT2D eigenvalue weighted by Gasteiger charge is -2.21. The Morgan fingerprint density at radius 1 is 1.17 bits per heavy atom. The van der Waals surface area contributed by atoms with Crippen molar-refractivity contribution < 1.29 is 9.53 Å². The van der Waals surface area contributed by atoms with Crippen molar-refractivity contribution in [1.29, 1.82) is 0 Å². The number of aromatic nitrogens is 1. The van der Waals surface area contributed by atoms with E-state index >= 15 is 0 Å². The fraction of sp³-hybridized carbons (Fsp3) is 0.176. The van der Waals surface area contributed by atoms with Crippen LogP contribution in [0.2, 0.25) is 0 Å². The van der Waals surface area contributed by atoms with Crippen LogP contribution in [-0.4, -0.2) is 23.8 Å². The molecule has 116 valence electrons. The predicted molar refractivity (Wildman–Crippen MR) is 95.3 cm³/mol. The second kappa shape index (κ2) is 5.86. The fourth-order valence-electron chi connectivity index (χ4n) is 2.61. The Labute approximate surface area is 142 Å². The lowest BCUT2D eigenvalue weighted by molar-refractivity contribution is -0.115. The molecular formula is C17H14N2O2S2. The summed E-state index contributed by atoms with van der Waals surface area (Å²) in [5, 5.41) is 0.732. The molecule has 1 aliphatic heterocycles. The van der Waals surface area contributed by atoms with Crippen LogP contribution in [0.4, 0.5) is 5.13 Å². The summed E-state index contributed by atoms with van der Waals surface area (Å²) in [5.41, 5.74) is 2.02. The van der Waals surface area contributed by atoms with Gasteiger partial charge >= 0.3 is 0 Å². The molecule has 0 spiro atoms. The molecule has 0 aliphatic carbocycles. The average Bonchev–Trinajstić information content (AvgIpc) is 3.17. The molecule has 23 heavy (non-hydrogen) atoms. The Balaban J connectivity index is 1.73. The molecule has 6 heteroatoms. The molecule has 0 saturated carbocycles. The lowest BCUT2D eigenvalue weighted by atomic mass is 10.2. The quantitative estimate of drug-likeness (QED) is 0.719. The SMILES string of the molecule is COc1ccc([C@H]2SCC(=O)N2c2nc3ccccc3s2)cc1. The smallest absolute Gasteiger partial charge is 0.240 e. The van der Waals surface area contributed by atoms with Gasteiger partial charge in [0.1, 0.15) is 11.1 Å². The van der Waals surface area contributed by atoms with Gasteiger partial charge < -0.3 is 4.74 Å². The molecule has 2 aromatic carbocycles. The average molecular weight is 342 g/mol. The summed E-state index contributed by atoms with van der Waals surface area (Å²) >= 11 is 3.19. The number of rotatable bonds is 3. The third-order valence-corrected chi connectivity index (χ3v) is 6.01. The summed E-state index contributed by atoms with van der Waals surface area (Å²) in [6.07, 6.45) is 0. The molecule has 4 nitrogen and oxygen atoms in total. The van der Waals surface area contributed by atoms with Crippen molar-refractivity contribution in [3.8, 4) is 5.75 Å². The molecule has 3 aromatic rings. The highest BCUT2D eigenvalue weighted by Crippen LogP contribution is 2.44. The van der Waals surface area contributed by atoms with Crippen LogP contribution in [0.5, 0.6) is 5.75 Å². The van der Waals surface area contributed by atoms with E-state index in [4.69, 9.17) is 4.74 Å². The molecule has 0 bridgehead atoms. The number of para-hydroxylation sites is 1. The number of hydrogen-bond acceptors (Lipinski definition) is 5. The lowest BCUT2D eigenvalue weighted by Crippen LogP contribution is -2.27. The number of anilines is 1. The minimum atomic E-state index is -0.0334. The van der Waals surface area contributed by atoms with E-state index in [2.05, 4.69) is 4.98 Å². The molecule has 1 fully saturated rings. The number of carbonyl (C=O) groups excluding carboxylic acids is 1. The largest absolute Gasteiger partial charge is 0.497 e. The monoisotopic (exact) mass is 342 g/mol. The van der Waals surface area contributed by atoms with Crippen molar-refractivity contribution in [1.82, 2.24) is 4.98 Å². The Bertz CT molecular complexity index is 827. The molecule has 1 atom stereocenters. The normalized spacial score (nSPS) is 17.9. The number of thiazole rings is 1. The first kappa shape index (κ1) is 14.5. The van der Waals surface area contributed by atoms with Gasteiger partial charge in [-0.1, -0.05) is 35.6 Å². The minimum absolute atomic E-state index is 0.0334. The number of amides is 1. The molecule has 0 radical (unpaired) electrons. The summed E-state index contributed by atoms with van der Waals surface area (Å²) in [5.74, 6) is 1.40. The second-order valence-corrected chi connectivity index (χ2v) is 7.24. The van der Waals surface area contributed by atoms with Gasteiger partial charge in [0.2, 0.25) is 5.91 Å². The Kier molecular flexibility index (Phi) is 3.71. The van der Waals surface area contributed by atoms with Gasteiger partial charge in [-0.2, -0.15) is 0 Å². The molecule has 1 amide bonds. The van der Waals surface area contributed by atoms with Crippen LogP contribution in [0.25, 0.3) is 10.2 Å². The van der Waals surface area contributed by atoms with Crippen molar-refractivity contribution in [2.24, 2.45) is 0 Å². The van der Waals surface area contributed by atoms with Gasteiger partial charge in [-0.05, 0) is 29.8 Å². The fourth-order valence-corrected chi connectivity index (χ4v) is 4.84. The number of benzene rings is 2. The van der Waals surface area contributed by atoms with Gasteiger partial charge in [-0.15, -0.1) is 11.8 Å². The zero-order valence-electron chi connectivity index (χ0n) is 12.4. The van der Waals surface area contributed by atoms with E-state index in [0.29, 0.717) is 5.75 Å². The Morgan fingerprint density at radius 3 is 2.70 bits per heavy atom. The van der Waals surface area contributed by atoms with Gasteiger partial charge in [-0.25, -0.2) is 4.98 Å². The summed E-state index contributed by atoms with van der Waals surface area (Å²) in [4.78, 5) is 18.9. The minimum Gasteiger partial charge on any atom is -0.497 e. The molecule has 4 rings (SSSR count). The maximum absolute atomic E-state index is 12.4. The first-order valence-corrected chi connectivity index (χ1v) is 9.06. The topological polar surface area (TPSA) is 42.4 Å². The van der Waals surface area contributed by atoms with Gasteiger partial charge in [0, 0.05) is 0 Å². The molecular weight excluding hydrogens is 328 g/mol. The number of ether oxygens (including phenoxy) is 1. The predicted octanol–water partition coefficient (Wildman–Crippen LogP) is 4.08. The molecule has 1 saturated heterocycles. The molecule has 1 aromatic heterocycles. The van der Waals surface area contributed by atoms with Crippen LogP contribution < -0.4 is 9.64 Å². The van der Waals surface area contributed by atoms with Crippen LogP contribution >= 0.6 is 23.1 Å². The number of methoxy groups -OCH3 is 1. The van der Waals surface area contributed by atoms with E-state index in [-0.39, 0.29) is 11.3 Å². The van der Waals surface area contributed by atoms with E-state index < -0.39 is 0 Å². The summed E-state index contributed by atoms with van der Waals surface area (Å²) in [7, 11) is 1.65. The third-order valence-electron chi connectivity index (χ3n) is 3.76. The van der Waals surface area contributed by atoms with E-state index in [9.17, 15) is 4.79 Å². The molecule has 0 N–H and O–H groups in total. The van der Waals surface area contributed by atoms with E-state index in [1.165, 1.54) is 0 Å². The van der Waals surface area contributed by atoms with E-state index in [1.54, 1.807) is 30.2 Å². The van der Waals surface area contributed by atoms with Crippen LogP contribution in [0.1, 0.15) is 10.9 Å². The third kappa shape index (κ3) is 2.58. The van der Waals surface area contributed by atoms with E-state index in [1.807, 2.05) is 53.4 Å². The van der Waals surface area contributed by atoms with Crippen LogP contribution in [0, 0.1) is 0 Å². The molecule has 2 heterocycles. The van der Waals surface area contributed by atoms with Crippen molar-refractivity contribution in [3.05, 3.63) is 54.1 Å². The van der Waals surface area contributed by atoms with Gasteiger partial charge in [-0.3, -0.25) is 9.69 Å². The highest BCUT2D eigenvalue weighted by molar-refractivity contribution is 8.00. The van der Waals surface area contributed by atoms with Gasteiger partial charge in [0.25, 0.3) is 0 Å². The number of thioether (sulfide) groups is 1. The van der Waals surface area contributed by atoms with E-state index in [0.717, 1.165) is 26.7 Å². The standard InChI is InChI=1S/C17H14N2O2S2/c1-21-12-8-6-11(7-9-12)16-19(15(20)10-22-16)17-18-13-4-2-3-5-14(13)23-17/h2-9,16H,10H2,1H3/t16-/m1/s1. The zero-order chi connectivity index (χ0) is 15.8. The maximum Gasteiger partial charge on any atom is 0.240 e. The van der Waals surface area contributed by atoms with Crippen LogP contribution in [0.15, 0.2) is 48.5 Å². The van der Waals surface area contributed by atoms with Crippen LogP contribution in [0.3, 0.4) is 0 Å². The van der Waals surface area contributed by atoms with Crippen molar-refractivity contribution in [2.75, 3.05) is 17.8 Å². The number of nitrogens with zero attached hydrogens (tertiary/aromatic N) is 2. The number of carbonyl (C=O) groups is 1. The second-order valence-electron chi connectivity index (χ2n) is 5.16. The summed E-state index contributed by atoms with van der Waals surface area (Å²) in [6, 6.07) is 15.8. The summed E-state index contributed by atoms with van der Waals surface area (Å²) < 4.78 is 6.30. The zero-order valence-corrected chi connectivity index (χ0v) is 14.1.